The molecule has 0 bridgehead atoms. The van der Waals surface area contributed by atoms with Crippen LogP contribution < -0.4 is 9.47 Å². The summed E-state index contributed by atoms with van der Waals surface area (Å²) in [7, 11) is -4.18. The first kappa shape index (κ1) is 23.3. The zero-order chi connectivity index (χ0) is 22.2. The Hall–Kier alpha value is -0.910. The zero-order valence-corrected chi connectivity index (χ0v) is 22.3. The van der Waals surface area contributed by atoms with Crippen LogP contribution in [0, 0.1) is 0 Å². The van der Waals surface area contributed by atoms with Gasteiger partial charge in [-0.1, -0.05) is 55.0 Å². The van der Waals surface area contributed by atoms with Crippen molar-refractivity contribution in [2.75, 3.05) is 17.2 Å². The minimum Gasteiger partial charge on any atom is -0.748 e. The maximum atomic E-state index is 11.0. The lowest BCUT2D eigenvalue weighted by atomic mass is 10.3. The summed E-state index contributed by atoms with van der Waals surface area (Å²) in [6, 6.07) is 12.5. The van der Waals surface area contributed by atoms with Crippen LogP contribution in [0.1, 0.15) is 24.8 Å². The number of unbranched alkanes of at least 4 members (excludes halogenated alkanes) is 1. The van der Waals surface area contributed by atoms with Gasteiger partial charge < -0.3 is 9.45 Å². The number of anilines is 1. The summed E-state index contributed by atoms with van der Waals surface area (Å²) in [6.07, 6.45) is 3.19. The number of nitrogens with zero attached hydrogens (tertiary/aromatic N) is 2. The number of thiazole rings is 1. The highest BCUT2D eigenvalue weighted by atomic mass is 79.9. The van der Waals surface area contributed by atoms with E-state index in [9.17, 15) is 13.0 Å². The Morgan fingerprint density at radius 3 is 2.61 bits per heavy atom. The first-order chi connectivity index (χ1) is 14.7. The molecule has 0 spiro atoms. The maximum absolute atomic E-state index is 11.0. The van der Waals surface area contributed by atoms with Crippen molar-refractivity contribution in [3.63, 3.8) is 0 Å². The average Bonchev–Trinajstić information content (AvgIpc) is 3.21. The molecule has 0 fully saturated rings. The summed E-state index contributed by atoms with van der Waals surface area (Å²) in [5.74, 6) is -0.320. The highest BCUT2D eigenvalue weighted by molar-refractivity contribution is 9.10. The van der Waals surface area contributed by atoms with Gasteiger partial charge in [-0.25, -0.2) is 8.42 Å². The van der Waals surface area contributed by atoms with E-state index in [0.717, 1.165) is 35.7 Å². The van der Waals surface area contributed by atoms with Gasteiger partial charge >= 0.3 is 0 Å². The molecule has 4 rings (SSSR count). The van der Waals surface area contributed by atoms with E-state index < -0.39 is 10.1 Å². The molecular weight excluding hydrogens is 584 g/mol. The van der Waals surface area contributed by atoms with Crippen molar-refractivity contribution in [2.45, 2.75) is 31.2 Å². The summed E-state index contributed by atoms with van der Waals surface area (Å²) in [4.78, 5) is 3.53. The van der Waals surface area contributed by atoms with Gasteiger partial charge in [-0.2, -0.15) is 4.57 Å². The molecule has 5 nitrogen and oxygen atoms in total. The highest BCUT2D eigenvalue weighted by Gasteiger charge is 2.27. The fourth-order valence-electron chi connectivity index (χ4n) is 3.57. The molecule has 0 N–H and O–H groups in total. The monoisotopic (exact) mass is 602 g/mol. The molecule has 0 unspecified atom stereocenters. The molecule has 0 saturated heterocycles. The Labute approximate surface area is 207 Å². The number of rotatable bonds is 7. The fraction of sp³-hybridized carbons (Fsp3) is 0.286. The van der Waals surface area contributed by atoms with Gasteiger partial charge in [0.25, 0.3) is 5.01 Å². The lowest BCUT2D eigenvalue weighted by molar-refractivity contribution is -0.669. The van der Waals surface area contributed by atoms with Crippen LogP contribution in [0.3, 0.4) is 0 Å². The number of hydrogen-bond donors (Lipinski definition) is 0. The Bertz CT molecular complexity index is 1270. The number of benzene rings is 2. The third-order valence-corrected chi connectivity index (χ3v) is 8.97. The molecule has 31 heavy (non-hydrogen) atoms. The summed E-state index contributed by atoms with van der Waals surface area (Å²) >= 11 is 10.6. The molecule has 2 heterocycles. The molecule has 0 saturated carbocycles. The van der Waals surface area contributed by atoms with E-state index in [0.29, 0.717) is 19.4 Å². The smallest absolute Gasteiger partial charge is 0.265 e. The number of aromatic nitrogens is 1. The van der Waals surface area contributed by atoms with Gasteiger partial charge in [0.2, 0.25) is 5.52 Å². The highest BCUT2D eigenvalue weighted by Crippen LogP contribution is 2.47. The quantitative estimate of drug-likeness (QED) is 0.189. The largest absolute Gasteiger partial charge is 0.748 e. The molecular formula is C21H20Br2N2O3S3. The van der Waals surface area contributed by atoms with E-state index in [1.54, 1.807) is 23.1 Å². The van der Waals surface area contributed by atoms with Gasteiger partial charge in [0.15, 0.2) is 6.54 Å². The van der Waals surface area contributed by atoms with Gasteiger partial charge in [-0.05, 0) is 43.7 Å². The van der Waals surface area contributed by atoms with Crippen molar-refractivity contribution in [1.29, 1.82) is 0 Å². The second kappa shape index (κ2) is 9.52. The van der Waals surface area contributed by atoms with Crippen LogP contribution in [0.4, 0.5) is 5.69 Å². The number of hydrogen-bond acceptors (Lipinski definition) is 6. The van der Waals surface area contributed by atoms with E-state index in [2.05, 4.69) is 84.7 Å². The predicted octanol–water partition coefficient (Wildman–Crippen LogP) is 5.97. The average molecular weight is 604 g/mol. The standard InChI is InChI=1S/C21H20Br2N2O3S3/c1-2-24-16-11-14(22)5-7-18(16)29-20(24)13-21-25(9-3-4-10-31(26,27)28)17-12-15(23)6-8-19(17)30-21/h5-8,11-13H,2-4,9-10H2,1H3. The molecule has 1 aliphatic heterocycles. The Morgan fingerprint density at radius 2 is 1.87 bits per heavy atom. The SMILES string of the molecule is CCN1C(=Cc2sc3ccc(Br)cc3[n+]2CCCCS(=O)(=O)[O-])Sc2ccc(Br)cc21. The predicted molar refractivity (Wildman–Crippen MR) is 135 cm³/mol. The first-order valence-electron chi connectivity index (χ1n) is 9.77. The lowest BCUT2D eigenvalue weighted by Gasteiger charge is -2.17. The van der Waals surface area contributed by atoms with Crippen LogP contribution in [0.25, 0.3) is 16.3 Å². The molecule has 0 aliphatic carbocycles. The number of halogens is 2. The maximum Gasteiger partial charge on any atom is 0.265 e. The Balaban J connectivity index is 1.70. The van der Waals surface area contributed by atoms with Gasteiger partial charge in [0.05, 0.1) is 26.9 Å². The second-order valence-electron chi connectivity index (χ2n) is 7.11. The fourth-order valence-corrected chi connectivity index (χ4v) is 7.15. The Kier molecular flexibility index (Phi) is 7.15. The van der Waals surface area contributed by atoms with E-state index in [1.807, 2.05) is 6.07 Å². The summed E-state index contributed by atoms with van der Waals surface area (Å²) in [5, 5.41) is 2.27. The third-order valence-electron chi connectivity index (χ3n) is 4.97. The third kappa shape index (κ3) is 5.36. The molecule has 0 atom stereocenters. The number of fused-ring (bicyclic) bond motifs is 2. The minimum absolute atomic E-state index is 0.320. The normalized spacial score (nSPS) is 15.2. The summed E-state index contributed by atoms with van der Waals surface area (Å²) in [5.41, 5.74) is 2.30. The van der Waals surface area contributed by atoms with Crippen LogP contribution in [0.15, 0.2) is 55.3 Å². The van der Waals surface area contributed by atoms with Crippen molar-refractivity contribution in [2.24, 2.45) is 0 Å². The summed E-state index contributed by atoms with van der Waals surface area (Å²) in [6.45, 7) is 3.66. The van der Waals surface area contributed by atoms with E-state index in [1.165, 1.54) is 10.6 Å². The van der Waals surface area contributed by atoms with E-state index in [-0.39, 0.29) is 5.75 Å². The second-order valence-corrected chi connectivity index (χ2v) is 12.6. The molecule has 0 amide bonds. The van der Waals surface area contributed by atoms with Crippen molar-refractivity contribution in [3.05, 3.63) is 55.4 Å². The molecule has 164 valence electrons. The van der Waals surface area contributed by atoms with Crippen LogP contribution >= 0.6 is 55.0 Å². The Morgan fingerprint density at radius 1 is 1.13 bits per heavy atom. The lowest BCUT2D eigenvalue weighted by Crippen LogP contribution is -2.35. The van der Waals surface area contributed by atoms with Crippen LogP contribution in [0.2, 0.25) is 0 Å². The number of aryl methyl sites for hydroxylation is 1. The van der Waals surface area contributed by atoms with Crippen LogP contribution in [-0.2, 0) is 16.7 Å². The molecule has 10 heteroatoms. The number of thioether (sulfide) groups is 1. The van der Waals surface area contributed by atoms with Gasteiger partial charge in [-0.3, -0.25) is 0 Å². The van der Waals surface area contributed by atoms with Crippen molar-refractivity contribution >= 4 is 87.1 Å². The minimum atomic E-state index is -4.18. The van der Waals surface area contributed by atoms with E-state index in [4.69, 9.17) is 0 Å². The van der Waals surface area contributed by atoms with Crippen molar-refractivity contribution in [1.82, 2.24) is 0 Å². The van der Waals surface area contributed by atoms with Gasteiger partial charge in [0.1, 0.15) is 4.70 Å². The van der Waals surface area contributed by atoms with Gasteiger partial charge in [0, 0.05) is 38.6 Å². The van der Waals surface area contributed by atoms with Gasteiger partial charge in [-0.15, -0.1) is 0 Å². The van der Waals surface area contributed by atoms with Crippen LogP contribution in [0.5, 0.6) is 0 Å². The summed E-state index contributed by atoms with van der Waals surface area (Å²) < 4.78 is 38.3. The molecule has 1 aromatic heterocycles. The molecule has 3 aromatic rings. The molecule has 1 aliphatic rings. The topological polar surface area (TPSA) is 64.3 Å². The zero-order valence-electron chi connectivity index (χ0n) is 16.7. The van der Waals surface area contributed by atoms with Crippen LogP contribution in [-0.4, -0.2) is 25.3 Å². The molecule has 2 aromatic carbocycles. The van der Waals surface area contributed by atoms with E-state index >= 15 is 0 Å². The van der Waals surface area contributed by atoms with Crippen molar-refractivity contribution < 1.29 is 17.5 Å². The molecule has 0 radical (unpaired) electrons. The first-order valence-corrected chi connectivity index (χ1v) is 14.6. The van der Waals surface area contributed by atoms with Crippen molar-refractivity contribution in [3.8, 4) is 0 Å².